The van der Waals surface area contributed by atoms with Crippen LogP contribution in [0.5, 0.6) is 0 Å². The van der Waals surface area contributed by atoms with Crippen molar-refractivity contribution in [2.75, 3.05) is 24.4 Å². The second-order valence-corrected chi connectivity index (χ2v) is 9.01. The summed E-state index contributed by atoms with van der Waals surface area (Å²) in [5.74, 6) is -0.759. The van der Waals surface area contributed by atoms with Gasteiger partial charge in [-0.1, -0.05) is 47.5 Å². The summed E-state index contributed by atoms with van der Waals surface area (Å²) < 4.78 is 38.6. The molecule has 0 bridgehead atoms. The number of nitrogens with zero attached hydrogens (tertiary/aromatic N) is 1. The molecule has 1 unspecified atom stereocenters. The van der Waals surface area contributed by atoms with E-state index in [0.717, 1.165) is 23.4 Å². The summed E-state index contributed by atoms with van der Waals surface area (Å²) in [6.45, 7) is 1.88. The summed E-state index contributed by atoms with van der Waals surface area (Å²) in [6, 6.07) is 18.1. The molecule has 162 valence electrons. The van der Waals surface area contributed by atoms with E-state index in [4.69, 9.17) is 27.9 Å². The quantitative estimate of drug-likeness (QED) is 0.393. The van der Waals surface area contributed by atoms with Crippen molar-refractivity contribution in [3.05, 3.63) is 99.5 Å². The number of benzene rings is 3. The van der Waals surface area contributed by atoms with Crippen LogP contribution >= 0.6 is 35.3 Å². The molecular weight excluding hydrogens is 461 g/mol. The average Bonchev–Trinajstić information content (AvgIpc) is 2.75. The van der Waals surface area contributed by atoms with Crippen LogP contribution in [0.1, 0.15) is 17.0 Å². The lowest BCUT2D eigenvalue weighted by Crippen LogP contribution is -2.42. The molecule has 1 aliphatic heterocycles. The lowest BCUT2D eigenvalue weighted by molar-refractivity contribution is -0.00693. The zero-order valence-electron chi connectivity index (χ0n) is 16.4. The maximum absolute atomic E-state index is 13.5. The van der Waals surface area contributed by atoms with Gasteiger partial charge in [0.05, 0.1) is 12.7 Å². The van der Waals surface area contributed by atoms with E-state index in [1.807, 2.05) is 0 Å². The first kappa shape index (κ1) is 22.4. The van der Waals surface area contributed by atoms with Crippen molar-refractivity contribution in [3.8, 4) is 0 Å². The Morgan fingerprint density at radius 3 is 2.00 bits per heavy atom. The van der Waals surface area contributed by atoms with Crippen molar-refractivity contribution in [3.63, 3.8) is 0 Å². The predicted octanol–water partition coefficient (Wildman–Crippen LogP) is 6.78. The summed E-state index contributed by atoms with van der Waals surface area (Å²) in [5.41, 5.74) is 2.64. The molecule has 0 radical (unpaired) electrons. The van der Waals surface area contributed by atoms with Gasteiger partial charge in [-0.3, -0.25) is 0 Å². The number of nitrogens with one attached hydrogen (secondary N) is 1. The van der Waals surface area contributed by atoms with Crippen molar-refractivity contribution in [2.24, 2.45) is 0 Å². The van der Waals surface area contributed by atoms with E-state index in [2.05, 4.69) is 9.03 Å². The Kier molecular flexibility index (Phi) is 7.35. The molecule has 3 nitrogen and oxygen atoms in total. The Morgan fingerprint density at radius 2 is 1.45 bits per heavy atom. The van der Waals surface area contributed by atoms with Gasteiger partial charge in [0.1, 0.15) is 11.6 Å². The third-order valence-electron chi connectivity index (χ3n) is 5.04. The summed E-state index contributed by atoms with van der Waals surface area (Å²) in [5, 5.41) is 1.12. The van der Waals surface area contributed by atoms with E-state index >= 15 is 0 Å². The molecule has 0 aromatic heterocycles. The third-order valence-corrected chi connectivity index (χ3v) is 6.39. The normalized spacial score (nSPS) is 17.1. The van der Waals surface area contributed by atoms with Gasteiger partial charge in [-0.2, -0.15) is 0 Å². The first-order chi connectivity index (χ1) is 15.0. The van der Waals surface area contributed by atoms with E-state index in [1.165, 1.54) is 36.4 Å². The smallest absolute Gasteiger partial charge is 0.123 e. The maximum atomic E-state index is 13.5. The molecule has 3 aromatic rings. The highest BCUT2D eigenvalue weighted by Gasteiger charge is 2.31. The van der Waals surface area contributed by atoms with Crippen molar-refractivity contribution in [2.45, 2.75) is 12.0 Å². The van der Waals surface area contributed by atoms with Crippen LogP contribution in [0.15, 0.2) is 66.7 Å². The maximum Gasteiger partial charge on any atom is 0.123 e. The molecule has 4 rings (SSSR count). The van der Waals surface area contributed by atoms with Crippen LogP contribution in [-0.4, -0.2) is 30.1 Å². The van der Waals surface area contributed by atoms with Gasteiger partial charge < -0.3 is 9.46 Å². The molecule has 1 aliphatic rings. The van der Waals surface area contributed by atoms with Gasteiger partial charge >= 0.3 is 0 Å². The zero-order valence-corrected chi connectivity index (χ0v) is 18.7. The van der Waals surface area contributed by atoms with Crippen LogP contribution in [0, 0.1) is 11.6 Å². The summed E-state index contributed by atoms with van der Waals surface area (Å²) in [4.78, 5) is 0. The highest BCUT2D eigenvalue weighted by atomic mass is 35.5. The van der Waals surface area contributed by atoms with Gasteiger partial charge in [0, 0.05) is 46.9 Å². The zero-order chi connectivity index (χ0) is 21.8. The Labute approximate surface area is 194 Å². The van der Waals surface area contributed by atoms with Crippen molar-refractivity contribution in [1.82, 2.24) is 4.31 Å². The molecule has 0 spiro atoms. The largest absolute Gasteiger partial charge is 0.374 e. The summed E-state index contributed by atoms with van der Waals surface area (Å²) in [6.07, 6.45) is -0.193. The molecule has 3 aromatic carbocycles. The van der Waals surface area contributed by atoms with Crippen LogP contribution in [0.4, 0.5) is 14.5 Å². The van der Waals surface area contributed by atoms with Gasteiger partial charge in [-0.05, 0) is 53.6 Å². The average molecular weight is 481 g/mol. The first-order valence-electron chi connectivity index (χ1n) is 9.74. The molecule has 8 heteroatoms. The number of morpholine rings is 1. The Bertz CT molecular complexity index is 955. The van der Waals surface area contributed by atoms with Crippen LogP contribution in [0.25, 0.3) is 0 Å². The third kappa shape index (κ3) is 5.90. The van der Waals surface area contributed by atoms with Crippen molar-refractivity contribution >= 4 is 41.0 Å². The number of halogens is 4. The molecular formula is C23H20Cl2F2N2OS. The fourth-order valence-corrected chi connectivity index (χ4v) is 4.89. The van der Waals surface area contributed by atoms with Gasteiger partial charge in [-0.25, -0.2) is 13.1 Å². The summed E-state index contributed by atoms with van der Waals surface area (Å²) in [7, 11) is 0. The number of anilines is 1. The summed E-state index contributed by atoms with van der Waals surface area (Å²) >= 11 is 13.6. The van der Waals surface area contributed by atoms with Gasteiger partial charge in [-0.15, -0.1) is 0 Å². The second kappa shape index (κ2) is 10.2. The number of hydrogen-bond donors (Lipinski definition) is 1. The molecule has 0 aliphatic carbocycles. The lowest BCUT2D eigenvalue weighted by atomic mass is 9.86. The van der Waals surface area contributed by atoms with Crippen LogP contribution < -0.4 is 4.72 Å². The van der Waals surface area contributed by atoms with E-state index in [-0.39, 0.29) is 23.7 Å². The number of ether oxygens (including phenoxy) is 1. The predicted molar refractivity (Wildman–Crippen MR) is 124 cm³/mol. The Morgan fingerprint density at radius 1 is 0.903 bits per heavy atom. The van der Waals surface area contributed by atoms with Gasteiger partial charge in [0.2, 0.25) is 0 Å². The number of rotatable bonds is 6. The van der Waals surface area contributed by atoms with E-state index in [9.17, 15) is 8.78 Å². The van der Waals surface area contributed by atoms with Crippen molar-refractivity contribution < 1.29 is 13.5 Å². The van der Waals surface area contributed by atoms with Crippen LogP contribution in [0.2, 0.25) is 10.0 Å². The molecule has 31 heavy (non-hydrogen) atoms. The topological polar surface area (TPSA) is 24.5 Å². The van der Waals surface area contributed by atoms with Crippen LogP contribution in [-0.2, 0) is 4.74 Å². The molecule has 1 heterocycles. The lowest BCUT2D eigenvalue weighted by Gasteiger charge is -2.36. The van der Waals surface area contributed by atoms with Gasteiger partial charge in [0.25, 0.3) is 0 Å². The molecule has 1 fully saturated rings. The van der Waals surface area contributed by atoms with Crippen LogP contribution in [0.3, 0.4) is 0 Å². The molecule has 0 saturated carbocycles. The monoisotopic (exact) mass is 480 g/mol. The minimum atomic E-state index is -0.298. The Balaban J connectivity index is 1.52. The van der Waals surface area contributed by atoms with E-state index in [1.54, 1.807) is 42.5 Å². The van der Waals surface area contributed by atoms with Crippen molar-refractivity contribution in [1.29, 1.82) is 0 Å². The minimum absolute atomic E-state index is 0.162. The molecule has 1 N–H and O–H groups in total. The van der Waals surface area contributed by atoms with Gasteiger partial charge in [0.15, 0.2) is 0 Å². The molecule has 1 saturated heterocycles. The first-order valence-corrected chi connectivity index (χ1v) is 11.3. The minimum Gasteiger partial charge on any atom is -0.374 e. The highest BCUT2D eigenvalue weighted by molar-refractivity contribution is 7.98. The van der Waals surface area contributed by atoms with E-state index < -0.39 is 0 Å². The fourth-order valence-electron chi connectivity index (χ4n) is 3.63. The molecule has 1 atom stereocenters. The standard InChI is InChI=1S/C23H20Cl2F2N2OS/c24-17-11-18(25)13-21(12-17)28-31-29-9-10-30-22(14-29)23(15-1-5-19(26)6-2-15)16-3-7-20(27)8-4-16/h1-8,11-13,22-23,28H,9-10,14H2. The fraction of sp³-hybridized carbons (Fsp3) is 0.217. The second-order valence-electron chi connectivity index (χ2n) is 7.23. The number of hydrogen-bond acceptors (Lipinski definition) is 4. The molecule has 0 amide bonds. The Hall–Kier alpha value is -1.83. The SMILES string of the molecule is Fc1ccc(C(c2ccc(F)cc2)C2CN(SNc3cc(Cl)cc(Cl)c3)CCO2)cc1. The van der Waals surface area contributed by atoms with E-state index in [0.29, 0.717) is 23.2 Å². The highest BCUT2D eigenvalue weighted by Crippen LogP contribution is 2.34.